The topological polar surface area (TPSA) is 87.6 Å². The van der Waals surface area contributed by atoms with E-state index in [-0.39, 0.29) is 18.6 Å². The van der Waals surface area contributed by atoms with Crippen LogP contribution >= 0.6 is 11.6 Å². The Bertz CT molecular complexity index is 876. The van der Waals surface area contributed by atoms with Crippen LogP contribution in [0.15, 0.2) is 24.5 Å². The molecule has 0 aliphatic carbocycles. The van der Waals surface area contributed by atoms with Gasteiger partial charge in [0.1, 0.15) is 5.75 Å². The van der Waals surface area contributed by atoms with Gasteiger partial charge in [0.2, 0.25) is 5.95 Å². The second-order valence-electron chi connectivity index (χ2n) is 8.61. The lowest BCUT2D eigenvalue weighted by molar-refractivity contribution is 0.0921. The summed E-state index contributed by atoms with van der Waals surface area (Å²) in [6.07, 6.45) is 7.67. The zero-order valence-corrected chi connectivity index (χ0v) is 19.9. The van der Waals surface area contributed by atoms with Crippen LogP contribution in [0.4, 0.5) is 5.95 Å². The zero-order chi connectivity index (χ0) is 23.1. The highest BCUT2D eigenvalue weighted by molar-refractivity contribution is 6.30. The molecule has 3 rings (SSSR count). The quantitative estimate of drug-likeness (QED) is 0.551. The summed E-state index contributed by atoms with van der Waals surface area (Å²) < 4.78 is 5.98. The Balaban J connectivity index is 1.42. The number of halogens is 1. The van der Waals surface area contributed by atoms with Crippen LogP contribution in [0.25, 0.3) is 0 Å². The number of ether oxygens (including phenoxy) is 1. The van der Waals surface area contributed by atoms with Gasteiger partial charge in [0.05, 0.1) is 30.6 Å². The number of carbonyl (C=O) groups excluding carboxylic acids is 1. The number of amides is 1. The largest absolute Gasteiger partial charge is 0.494 e. The van der Waals surface area contributed by atoms with Crippen LogP contribution in [0.2, 0.25) is 5.02 Å². The lowest BCUT2D eigenvalue weighted by Gasteiger charge is -2.32. The van der Waals surface area contributed by atoms with Crippen molar-refractivity contribution in [3.8, 4) is 5.75 Å². The number of benzene rings is 1. The first-order valence-corrected chi connectivity index (χ1v) is 11.6. The molecule has 1 fully saturated rings. The Morgan fingerprint density at radius 2 is 1.88 bits per heavy atom. The average Bonchev–Trinajstić information content (AvgIpc) is 2.77. The minimum Gasteiger partial charge on any atom is -0.494 e. The zero-order valence-electron chi connectivity index (χ0n) is 19.1. The van der Waals surface area contributed by atoms with Crippen molar-refractivity contribution in [3.05, 3.63) is 46.2 Å². The van der Waals surface area contributed by atoms with Crippen LogP contribution in [0.3, 0.4) is 0 Å². The summed E-state index contributed by atoms with van der Waals surface area (Å²) >= 11 is 5.87. The van der Waals surface area contributed by atoms with Gasteiger partial charge >= 0.3 is 0 Å². The van der Waals surface area contributed by atoms with Crippen molar-refractivity contribution < 1.29 is 14.6 Å². The van der Waals surface area contributed by atoms with Crippen LogP contribution in [0.1, 0.15) is 54.1 Å². The van der Waals surface area contributed by atoms with Gasteiger partial charge in [-0.05, 0) is 75.6 Å². The molecule has 1 aromatic carbocycles. The minimum absolute atomic E-state index is 0.0844. The third kappa shape index (κ3) is 6.56. The molecule has 1 saturated heterocycles. The van der Waals surface area contributed by atoms with E-state index in [0.717, 1.165) is 61.6 Å². The van der Waals surface area contributed by atoms with E-state index in [1.807, 2.05) is 26.0 Å². The van der Waals surface area contributed by atoms with Crippen LogP contribution in [0, 0.1) is 19.8 Å². The third-order valence-corrected chi connectivity index (χ3v) is 6.11. The maximum Gasteiger partial charge on any atom is 0.252 e. The molecule has 0 saturated carbocycles. The van der Waals surface area contributed by atoms with Crippen molar-refractivity contribution in [2.24, 2.45) is 5.92 Å². The molecule has 1 aromatic heterocycles. The molecule has 2 aromatic rings. The molecule has 1 aliphatic rings. The molecule has 32 heavy (non-hydrogen) atoms. The number of piperidine rings is 1. The van der Waals surface area contributed by atoms with E-state index in [4.69, 9.17) is 21.4 Å². The number of hydrogen-bond donors (Lipinski definition) is 2. The molecule has 1 atom stereocenters. The number of rotatable bonds is 9. The lowest BCUT2D eigenvalue weighted by atomic mass is 9.92. The second kappa shape index (κ2) is 11.5. The monoisotopic (exact) mass is 460 g/mol. The molecule has 2 heterocycles. The normalized spacial score (nSPS) is 15.5. The SMILES string of the molecule is Cc1cc(OCCCC2CCN(c3ncc(Cl)cn3)CC2)cc(C)c1C(=O)NC(C)CO. The van der Waals surface area contributed by atoms with Crippen LogP contribution in [-0.2, 0) is 0 Å². The Kier molecular flexibility index (Phi) is 8.70. The molecule has 7 nitrogen and oxygen atoms in total. The van der Waals surface area contributed by atoms with Gasteiger partial charge in [0.25, 0.3) is 5.91 Å². The lowest BCUT2D eigenvalue weighted by Crippen LogP contribution is -2.35. The molecule has 174 valence electrons. The summed E-state index contributed by atoms with van der Waals surface area (Å²) in [6, 6.07) is 3.55. The van der Waals surface area contributed by atoms with Crippen molar-refractivity contribution in [1.82, 2.24) is 15.3 Å². The van der Waals surface area contributed by atoms with E-state index in [9.17, 15) is 4.79 Å². The van der Waals surface area contributed by atoms with Gasteiger partial charge in [-0.25, -0.2) is 9.97 Å². The van der Waals surface area contributed by atoms with Crippen molar-refractivity contribution in [1.29, 1.82) is 0 Å². The van der Waals surface area contributed by atoms with Crippen LogP contribution < -0.4 is 15.0 Å². The fourth-order valence-corrected chi connectivity index (χ4v) is 4.26. The van der Waals surface area contributed by atoms with Crippen LogP contribution in [-0.4, -0.2) is 53.3 Å². The number of carbonyl (C=O) groups is 1. The fraction of sp³-hybridized carbons (Fsp3) is 0.542. The molecule has 1 amide bonds. The number of aromatic nitrogens is 2. The van der Waals surface area contributed by atoms with E-state index < -0.39 is 0 Å². The fourth-order valence-electron chi connectivity index (χ4n) is 4.16. The van der Waals surface area contributed by atoms with Crippen molar-refractivity contribution in [2.75, 3.05) is 31.2 Å². The van der Waals surface area contributed by atoms with Crippen LogP contribution in [0.5, 0.6) is 5.75 Å². The first kappa shape index (κ1) is 24.3. The van der Waals surface area contributed by atoms with Gasteiger partial charge in [-0.15, -0.1) is 0 Å². The number of nitrogens with one attached hydrogen (secondary N) is 1. The molecule has 1 aliphatic heterocycles. The maximum atomic E-state index is 12.5. The maximum absolute atomic E-state index is 12.5. The van der Waals surface area contributed by atoms with Crippen molar-refractivity contribution >= 4 is 23.5 Å². The summed E-state index contributed by atoms with van der Waals surface area (Å²) in [6.45, 7) is 8.10. The number of hydrogen-bond acceptors (Lipinski definition) is 6. The van der Waals surface area contributed by atoms with Crippen molar-refractivity contribution in [2.45, 2.75) is 52.5 Å². The number of anilines is 1. The minimum atomic E-state index is -0.275. The summed E-state index contributed by atoms with van der Waals surface area (Å²) in [5, 5.41) is 12.5. The first-order chi connectivity index (χ1) is 15.4. The molecule has 1 unspecified atom stereocenters. The number of nitrogens with zero attached hydrogens (tertiary/aromatic N) is 3. The molecule has 0 spiro atoms. The van der Waals surface area contributed by atoms with E-state index >= 15 is 0 Å². The number of aryl methyl sites for hydroxylation is 2. The van der Waals surface area contributed by atoms with Gasteiger partial charge < -0.3 is 20.1 Å². The molecule has 2 N–H and O–H groups in total. The molecular formula is C24H33ClN4O3. The first-order valence-electron chi connectivity index (χ1n) is 11.3. The summed E-state index contributed by atoms with van der Waals surface area (Å²) in [7, 11) is 0. The molecule has 0 bridgehead atoms. The van der Waals surface area contributed by atoms with Gasteiger partial charge in [0.15, 0.2) is 0 Å². The summed E-state index contributed by atoms with van der Waals surface area (Å²) in [4.78, 5) is 23.3. The standard InChI is InChI=1S/C24H33ClN4O3/c1-16-11-21(12-17(2)22(16)23(31)28-18(3)15-30)32-10-4-5-19-6-8-29(9-7-19)24-26-13-20(25)14-27-24/h11-14,18-19,30H,4-10,15H2,1-3H3,(H,28,31). The van der Waals surface area contributed by atoms with Gasteiger partial charge in [-0.2, -0.15) is 0 Å². The average molecular weight is 461 g/mol. The van der Waals surface area contributed by atoms with E-state index in [1.165, 1.54) is 0 Å². The molecular weight excluding hydrogens is 428 g/mol. The van der Waals surface area contributed by atoms with E-state index in [0.29, 0.717) is 23.1 Å². The summed E-state index contributed by atoms with van der Waals surface area (Å²) in [5.74, 6) is 2.07. The van der Waals surface area contributed by atoms with Crippen molar-refractivity contribution in [3.63, 3.8) is 0 Å². The number of aliphatic hydroxyl groups is 1. The highest BCUT2D eigenvalue weighted by Gasteiger charge is 2.21. The summed E-state index contributed by atoms with van der Waals surface area (Å²) in [5.41, 5.74) is 2.40. The number of aliphatic hydroxyl groups excluding tert-OH is 1. The second-order valence-corrected chi connectivity index (χ2v) is 9.05. The predicted molar refractivity (Wildman–Crippen MR) is 127 cm³/mol. The Morgan fingerprint density at radius 1 is 1.25 bits per heavy atom. The highest BCUT2D eigenvalue weighted by Crippen LogP contribution is 2.26. The van der Waals surface area contributed by atoms with Gasteiger partial charge in [-0.1, -0.05) is 11.6 Å². The van der Waals surface area contributed by atoms with Gasteiger partial charge in [0, 0.05) is 24.7 Å². The Morgan fingerprint density at radius 3 is 2.47 bits per heavy atom. The predicted octanol–water partition coefficient (Wildman–Crippen LogP) is 3.93. The molecule has 0 radical (unpaired) electrons. The van der Waals surface area contributed by atoms with E-state index in [2.05, 4.69) is 20.2 Å². The Labute approximate surface area is 195 Å². The Hall–Kier alpha value is -2.38. The van der Waals surface area contributed by atoms with E-state index in [1.54, 1.807) is 19.3 Å². The highest BCUT2D eigenvalue weighted by atomic mass is 35.5. The third-order valence-electron chi connectivity index (χ3n) is 5.91. The molecule has 8 heteroatoms. The smallest absolute Gasteiger partial charge is 0.252 e. The van der Waals surface area contributed by atoms with Gasteiger partial charge in [-0.3, -0.25) is 4.79 Å².